The summed E-state index contributed by atoms with van der Waals surface area (Å²) in [6.45, 7) is 0. The van der Waals surface area contributed by atoms with Gasteiger partial charge in [-0.05, 0) is 31.6 Å². The van der Waals surface area contributed by atoms with E-state index < -0.39 is 6.09 Å². The molecule has 0 unspecified atom stereocenters. The Hall–Kier alpha value is -0.810. The SMILES string of the molecule is NC(=O)OC1CCC(Cc2ncc(CCl)s2)CC1. The van der Waals surface area contributed by atoms with Gasteiger partial charge in [-0.2, -0.15) is 0 Å². The van der Waals surface area contributed by atoms with E-state index >= 15 is 0 Å². The summed E-state index contributed by atoms with van der Waals surface area (Å²) in [6.07, 6.45) is 6.14. The fourth-order valence-electron chi connectivity index (χ4n) is 2.37. The zero-order valence-electron chi connectivity index (χ0n) is 10.1. The zero-order chi connectivity index (χ0) is 13.0. The van der Waals surface area contributed by atoms with E-state index in [4.69, 9.17) is 22.1 Å². The molecule has 1 aliphatic rings. The number of primary amides is 1. The van der Waals surface area contributed by atoms with Gasteiger partial charge in [0.1, 0.15) is 6.10 Å². The zero-order valence-corrected chi connectivity index (χ0v) is 11.7. The lowest BCUT2D eigenvalue weighted by atomic mass is 9.85. The Morgan fingerprint density at radius 3 is 2.78 bits per heavy atom. The number of hydrogen-bond acceptors (Lipinski definition) is 4. The molecule has 0 radical (unpaired) electrons. The molecule has 2 rings (SSSR count). The van der Waals surface area contributed by atoms with Gasteiger partial charge in [0.05, 0.1) is 10.9 Å². The topological polar surface area (TPSA) is 65.2 Å². The van der Waals surface area contributed by atoms with Crippen LogP contribution in [0.5, 0.6) is 0 Å². The molecule has 1 aromatic heterocycles. The summed E-state index contributed by atoms with van der Waals surface area (Å²) in [6, 6.07) is 0. The van der Waals surface area contributed by atoms with Gasteiger partial charge in [-0.1, -0.05) is 0 Å². The third-order valence-electron chi connectivity index (χ3n) is 3.27. The molecular weight excluding hydrogens is 272 g/mol. The van der Waals surface area contributed by atoms with Crippen LogP contribution in [0.2, 0.25) is 0 Å². The molecule has 2 N–H and O–H groups in total. The van der Waals surface area contributed by atoms with Crippen molar-refractivity contribution in [1.82, 2.24) is 4.98 Å². The van der Waals surface area contributed by atoms with Gasteiger partial charge in [-0.25, -0.2) is 9.78 Å². The second-order valence-electron chi connectivity index (χ2n) is 4.64. The maximum absolute atomic E-state index is 10.7. The summed E-state index contributed by atoms with van der Waals surface area (Å²) in [4.78, 5) is 16.2. The Morgan fingerprint density at radius 2 is 2.22 bits per heavy atom. The van der Waals surface area contributed by atoms with Crippen molar-refractivity contribution in [2.75, 3.05) is 0 Å². The third-order valence-corrected chi connectivity index (χ3v) is 4.74. The number of alkyl halides is 1. The molecule has 0 aliphatic heterocycles. The van der Waals surface area contributed by atoms with Crippen molar-refractivity contribution >= 4 is 29.0 Å². The van der Waals surface area contributed by atoms with Crippen molar-refractivity contribution in [2.24, 2.45) is 11.7 Å². The smallest absolute Gasteiger partial charge is 0.404 e. The Labute approximate surface area is 115 Å². The number of nitrogens with zero attached hydrogens (tertiary/aromatic N) is 1. The second kappa shape index (κ2) is 6.38. The van der Waals surface area contributed by atoms with Crippen LogP contribution < -0.4 is 5.73 Å². The van der Waals surface area contributed by atoms with E-state index in [1.54, 1.807) is 11.3 Å². The highest BCUT2D eigenvalue weighted by atomic mass is 35.5. The summed E-state index contributed by atoms with van der Waals surface area (Å²) in [7, 11) is 0. The summed E-state index contributed by atoms with van der Waals surface area (Å²) < 4.78 is 5.02. The summed E-state index contributed by atoms with van der Waals surface area (Å²) >= 11 is 7.45. The van der Waals surface area contributed by atoms with Crippen molar-refractivity contribution in [3.63, 3.8) is 0 Å². The lowest BCUT2D eigenvalue weighted by Gasteiger charge is -2.27. The summed E-state index contributed by atoms with van der Waals surface area (Å²) in [5, 5.41) is 1.16. The maximum atomic E-state index is 10.7. The number of hydrogen-bond donors (Lipinski definition) is 1. The highest BCUT2D eigenvalue weighted by Crippen LogP contribution is 2.30. The minimum atomic E-state index is -0.662. The molecule has 18 heavy (non-hydrogen) atoms. The van der Waals surface area contributed by atoms with Crippen LogP contribution in [0.1, 0.15) is 35.6 Å². The van der Waals surface area contributed by atoms with Gasteiger partial charge in [-0.15, -0.1) is 22.9 Å². The van der Waals surface area contributed by atoms with Crippen molar-refractivity contribution in [2.45, 2.75) is 44.1 Å². The number of thiazole rings is 1. The largest absolute Gasteiger partial charge is 0.446 e. The van der Waals surface area contributed by atoms with Crippen molar-refractivity contribution in [3.05, 3.63) is 16.1 Å². The molecule has 4 nitrogen and oxygen atoms in total. The quantitative estimate of drug-likeness (QED) is 0.866. The van der Waals surface area contributed by atoms with Crippen LogP contribution in [0.15, 0.2) is 6.20 Å². The van der Waals surface area contributed by atoms with Crippen LogP contribution in [-0.4, -0.2) is 17.2 Å². The minimum absolute atomic E-state index is 0.00782. The van der Waals surface area contributed by atoms with Crippen molar-refractivity contribution < 1.29 is 9.53 Å². The van der Waals surface area contributed by atoms with Crippen molar-refractivity contribution in [3.8, 4) is 0 Å². The number of carbonyl (C=O) groups is 1. The number of carbonyl (C=O) groups excluding carboxylic acids is 1. The van der Waals surface area contributed by atoms with Crippen molar-refractivity contribution in [1.29, 1.82) is 0 Å². The number of amides is 1. The van der Waals surface area contributed by atoms with Gasteiger partial charge >= 0.3 is 6.09 Å². The first kappa shape index (κ1) is 13.6. The fraction of sp³-hybridized carbons (Fsp3) is 0.667. The summed E-state index contributed by atoms with van der Waals surface area (Å²) in [5.41, 5.74) is 5.02. The standard InChI is InChI=1S/C12H17ClN2O2S/c13-6-10-7-15-11(18-10)5-8-1-3-9(4-2-8)17-12(14)16/h7-9H,1-6H2,(H2,14,16). The molecule has 1 fully saturated rings. The van der Waals surface area contributed by atoms with E-state index in [-0.39, 0.29) is 6.10 Å². The molecule has 0 atom stereocenters. The predicted molar refractivity (Wildman–Crippen MR) is 71.8 cm³/mol. The predicted octanol–water partition coefficient (Wildman–Crippen LogP) is 3.08. The van der Waals surface area contributed by atoms with Gasteiger partial charge in [-0.3, -0.25) is 0 Å². The van der Waals surface area contributed by atoms with Gasteiger partial charge in [0.25, 0.3) is 0 Å². The molecule has 100 valence electrons. The monoisotopic (exact) mass is 288 g/mol. The Balaban J connectivity index is 1.78. The number of aromatic nitrogens is 1. The van der Waals surface area contributed by atoms with Crippen LogP contribution in [0.3, 0.4) is 0 Å². The molecule has 0 saturated heterocycles. The van der Waals surface area contributed by atoms with Gasteiger partial charge in [0, 0.05) is 17.5 Å². The van der Waals surface area contributed by atoms with Crippen LogP contribution in [0.25, 0.3) is 0 Å². The van der Waals surface area contributed by atoms with Gasteiger partial charge in [0.2, 0.25) is 0 Å². The lowest BCUT2D eigenvalue weighted by molar-refractivity contribution is 0.0710. The molecule has 1 aliphatic carbocycles. The molecule has 6 heteroatoms. The van der Waals surface area contributed by atoms with Gasteiger partial charge in [0.15, 0.2) is 0 Å². The average molecular weight is 289 g/mol. The van der Waals surface area contributed by atoms with E-state index in [1.165, 1.54) is 0 Å². The number of halogens is 1. The molecular formula is C12H17ClN2O2S. The molecule has 0 spiro atoms. The molecule has 0 aromatic carbocycles. The van der Waals surface area contributed by atoms with E-state index in [1.807, 2.05) is 6.20 Å². The van der Waals surface area contributed by atoms with E-state index in [9.17, 15) is 4.79 Å². The van der Waals surface area contributed by atoms with Crippen LogP contribution in [-0.2, 0) is 17.0 Å². The molecule has 1 aromatic rings. The molecule has 1 amide bonds. The lowest BCUT2D eigenvalue weighted by Crippen LogP contribution is -2.27. The van der Waals surface area contributed by atoms with Gasteiger partial charge < -0.3 is 10.5 Å². The molecule has 1 saturated carbocycles. The summed E-state index contributed by atoms with van der Waals surface area (Å²) in [5.74, 6) is 1.17. The second-order valence-corrected chi connectivity index (χ2v) is 6.10. The first-order chi connectivity index (χ1) is 8.67. The van der Waals surface area contributed by atoms with E-state index in [2.05, 4.69) is 4.98 Å². The number of ether oxygens (including phenoxy) is 1. The highest BCUT2D eigenvalue weighted by Gasteiger charge is 2.24. The van der Waals surface area contributed by atoms with E-state index in [0.717, 1.165) is 42.0 Å². The van der Waals surface area contributed by atoms with E-state index in [0.29, 0.717) is 11.8 Å². The first-order valence-corrected chi connectivity index (χ1v) is 7.48. The Bertz CT molecular complexity index is 403. The number of nitrogens with two attached hydrogens (primary N) is 1. The highest BCUT2D eigenvalue weighted by molar-refractivity contribution is 7.11. The average Bonchev–Trinajstić information content (AvgIpc) is 2.79. The normalized spacial score (nSPS) is 23.8. The Kier molecular flexibility index (Phi) is 4.83. The minimum Gasteiger partial charge on any atom is -0.446 e. The van der Waals surface area contributed by atoms with Crippen LogP contribution in [0, 0.1) is 5.92 Å². The first-order valence-electron chi connectivity index (χ1n) is 6.13. The third kappa shape index (κ3) is 3.85. The fourth-order valence-corrected chi connectivity index (χ4v) is 3.49. The number of rotatable bonds is 4. The Morgan fingerprint density at radius 1 is 1.50 bits per heavy atom. The molecule has 1 heterocycles. The molecule has 0 bridgehead atoms. The maximum Gasteiger partial charge on any atom is 0.404 e. The van der Waals surface area contributed by atoms with Crippen LogP contribution in [0.4, 0.5) is 4.79 Å². The van der Waals surface area contributed by atoms with Crippen LogP contribution >= 0.6 is 22.9 Å².